The van der Waals surface area contributed by atoms with Crippen molar-refractivity contribution in [1.29, 1.82) is 0 Å². The lowest BCUT2D eigenvalue weighted by atomic mass is 9.74. The molecule has 3 atom stereocenters. The molecule has 0 spiro atoms. The van der Waals surface area contributed by atoms with Gasteiger partial charge in [0.05, 0.1) is 32.2 Å². The molecule has 5 nitrogen and oxygen atoms in total. The molecule has 23 heavy (non-hydrogen) atoms. The summed E-state index contributed by atoms with van der Waals surface area (Å²) in [6.45, 7) is 11.9. The van der Waals surface area contributed by atoms with Gasteiger partial charge in [0.1, 0.15) is 0 Å². The first-order valence-electron chi connectivity index (χ1n) is 8.15. The second kappa shape index (κ2) is 6.40. The van der Waals surface area contributed by atoms with Crippen molar-refractivity contribution in [2.24, 2.45) is 17.8 Å². The number of carbonyl (C=O) groups is 2. The molecule has 0 unspecified atom stereocenters. The molecule has 0 aromatic carbocycles. The topological polar surface area (TPSA) is 61.8 Å². The summed E-state index contributed by atoms with van der Waals surface area (Å²) in [7, 11) is -0.486. The van der Waals surface area contributed by atoms with Crippen LogP contribution in [0.3, 0.4) is 0 Å². The summed E-state index contributed by atoms with van der Waals surface area (Å²) < 4.78 is 16.3. The Balaban J connectivity index is 2.13. The predicted octanol–water partition coefficient (Wildman–Crippen LogP) is 2.92. The van der Waals surface area contributed by atoms with Gasteiger partial charge in [-0.25, -0.2) is 0 Å². The zero-order chi connectivity index (χ0) is 17.4. The van der Waals surface area contributed by atoms with E-state index in [0.717, 1.165) is 5.57 Å². The molecule has 0 aromatic heterocycles. The van der Waals surface area contributed by atoms with Crippen LogP contribution in [0.2, 0.25) is 18.1 Å². The van der Waals surface area contributed by atoms with Gasteiger partial charge in [0.15, 0.2) is 8.32 Å². The van der Waals surface area contributed by atoms with Crippen LogP contribution >= 0.6 is 0 Å². The highest BCUT2D eigenvalue weighted by atomic mass is 28.4. The monoisotopic (exact) mass is 340 g/mol. The van der Waals surface area contributed by atoms with Crippen LogP contribution in [0.25, 0.3) is 0 Å². The molecule has 1 aliphatic heterocycles. The number of carbonyl (C=O) groups excluding carboxylic acids is 2. The summed E-state index contributed by atoms with van der Waals surface area (Å²) >= 11 is 0. The second-order valence-electron chi connectivity index (χ2n) is 8.03. The molecule has 0 bridgehead atoms. The van der Waals surface area contributed by atoms with Crippen LogP contribution in [0.1, 0.15) is 27.2 Å². The van der Waals surface area contributed by atoms with Crippen LogP contribution in [0.15, 0.2) is 11.6 Å². The van der Waals surface area contributed by atoms with E-state index in [1.807, 2.05) is 0 Å². The molecule has 0 N–H and O–H groups in total. The van der Waals surface area contributed by atoms with E-state index < -0.39 is 20.2 Å². The van der Waals surface area contributed by atoms with Crippen LogP contribution in [0.4, 0.5) is 0 Å². The fourth-order valence-electron chi connectivity index (χ4n) is 2.93. The Morgan fingerprint density at radius 2 is 2.04 bits per heavy atom. The Bertz CT molecular complexity index is 518. The van der Waals surface area contributed by atoms with Gasteiger partial charge in [0, 0.05) is 5.92 Å². The molecule has 6 heteroatoms. The van der Waals surface area contributed by atoms with Crippen LogP contribution in [0, 0.1) is 17.8 Å². The number of fused-ring (bicyclic) bond motifs is 1. The van der Waals surface area contributed by atoms with E-state index in [1.165, 1.54) is 7.11 Å². The zero-order valence-electron chi connectivity index (χ0n) is 15.0. The molecule has 1 heterocycles. The number of ether oxygens (including phenoxy) is 2. The predicted molar refractivity (Wildman–Crippen MR) is 89.3 cm³/mol. The molecule has 2 rings (SSSR count). The average molecular weight is 340 g/mol. The van der Waals surface area contributed by atoms with E-state index in [2.05, 4.69) is 39.9 Å². The third-order valence-electron chi connectivity index (χ3n) is 5.45. The normalized spacial score (nSPS) is 28.0. The highest BCUT2D eigenvalue weighted by Crippen LogP contribution is 2.41. The molecule has 0 radical (unpaired) electrons. The molecule has 0 aromatic rings. The minimum Gasteiger partial charge on any atom is -0.469 e. The summed E-state index contributed by atoms with van der Waals surface area (Å²) in [5.41, 5.74) is 1.07. The minimum atomic E-state index is -1.85. The van der Waals surface area contributed by atoms with Crippen molar-refractivity contribution in [2.45, 2.75) is 45.3 Å². The number of hydrogen-bond acceptors (Lipinski definition) is 5. The second-order valence-corrected chi connectivity index (χ2v) is 12.8. The number of esters is 2. The van der Waals surface area contributed by atoms with E-state index in [-0.39, 0.29) is 22.9 Å². The summed E-state index contributed by atoms with van der Waals surface area (Å²) in [5, 5.41) is 0.138. The van der Waals surface area contributed by atoms with Gasteiger partial charge in [-0.1, -0.05) is 26.8 Å². The largest absolute Gasteiger partial charge is 0.469 e. The van der Waals surface area contributed by atoms with Gasteiger partial charge < -0.3 is 13.9 Å². The van der Waals surface area contributed by atoms with Crippen molar-refractivity contribution in [1.82, 2.24) is 0 Å². The number of methoxy groups -OCH3 is 1. The number of hydrogen-bond donors (Lipinski definition) is 0. The first kappa shape index (κ1) is 18.2. The average Bonchev–Trinajstić information content (AvgIpc) is 2.84. The highest BCUT2D eigenvalue weighted by molar-refractivity contribution is 6.74. The van der Waals surface area contributed by atoms with Crippen molar-refractivity contribution in [2.75, 3.05) is 20.3 Å². The summed E-state index contributed by atoms with van der Waals surface area (Å²) in [4.78, 5) is 24.0. The van der Waals surface area contributed by atoms with Gasteiger partial charge >= 0.3 is 11.9 Å². The van der Waals surface area contributed by atoms with E-state index in [9.17, 15) is 9.59 Å². The molecule has 130 valence electrons. The molecular formula is C17H28O5Si. The highest BCUT2D eigenvalue weighted by Gasteiger charge is 2.48. The molecule has 2 aliphatic rings. The van der Waals surface area contributed by atoms with Crippen LogP contribution in [0.5, 0.6) is 0 Å². The minimum absolute atomic E-state index is 0.0432. The Labute approximate surface area is 139 Å². The maximum atomic E-state index is 12.1. The molecule has 1 fully saturated rings. The maximum Gasteiger partial charge on any atom is 0.310 e. The van der Waals surface area contributed by atoms with Gasteiger partial charge in [0.25, 0.3) is 0 Å². The van der Waals surface area contributed by atoms with Crippen molar-refractivity contribution in [3.05, 3.63) is 11.6 Å². The summed E-state index contributed by atoms with van der Waals surface area (Å²) in [6, 6.07) is 0. The fraction of sp³-hybridized carbons (Fsp3) is 0.765. The smallest absolute Gasteiger partial charge is 0.310 e. The van der Waals surface area contributed by atoms with Crippen molar-refractivity contribution >= 4 is 20.3 Å². The molecule has 0 amide bonds. The standard InChI is InChI=1S/C17H28O5Si/c1-17(2,3)23(5,6)22-9-11-7-12-10-21-16(19)14(12)13(8-11)15(18)20-4/h7,12-14H,8-10H2,1-6H3/t12-,13-,14-/m1/s1. The van der Waals surface area contributed by atoms with Crippen LogP contribution in [-0.2, 0) is 23.5 Å². The Kier molecular flexibility index (Phi) is 5.06. The maximum absolute atomic E-state index is 12.1. The Morgan fingerprint density at radius 1 is 1.39 bits per heavy atom. The van der Waals surface area contributed by atoms with E-state index in [1.54, 1.807) is 0 Å². The first-order chi connectivity index (χ1) is 10.6. The summed E-state index contributed by atoms with van der Waals surface area (Å²) in [5.74, 6) is -1.52. The van der Waals surface area contributed by atoms with E-state index in [0.29, 0.717) is 19.6 Å². The van der Waals surface area contributed by atoms with Gasteiger partial charge in [0.2, 0.25) is 0 Å². The fourth-order valence-corrected chi connectivity index (χ4v) is 3.90. The first-order valence-corrected chi connectivity index (χ1v) is 11.1. The molecule has 1 aliphatic carbocycles. The lowest BCUT2D eigenvalue weighted by molar-refractivity contribution is -0.154. The van der Waals surface area contributed by atoms with Gasteiger partial charge in [-0.15, -0.1) is 0 Å². The third kappa shape index (κ3) is 3.69. The van der Waals surface area contributed by atoms with Gasteiger partial charge in [-0.2, -0.15) is 0 Å². The van der Waals surface area contributed by atoms with Crippen molar-refractivity contribution < 1.29 is 23.5 Å². The quantitative estimate of drug-likeness (QED) is 0.447. The third-order valence-corrected chi connectivity index (χ3v) is 9.92. The Hall–Kier alpha value is -1.14. The molecular weight excluding hydrogens is 312 g/mol. The number of rotatable bonds is 4. The van der Waals surface area contributed by atoms with Gasteiger partial charge in [-0.3, -0.25) is 9.59 Å². The summed E-state index contributed by atoms with van der Waals surface area (Å²) in [6.07, 6.45) is 2.58. The van der Waals surface area contributed by atoms with Crippen molar-refractivity contribution in [3.63, 3.8) is 0 Å². The van der Waals surface area contributed by atoms with E-state index in [4.69, 9.17) is 13.9 Å². The number of cyclic esters (lactones) is 1. The SMILES string of the molecule is COC(=O)[C@@H]1CC(CO[Si](C)(C)C(C)(C)C)=C[C@@H]2COC(=O)[C@H]21. The lowest BCUT2D eigenvalue weighted by Gasteiger charge is -2.37. The molecule has 1 saturated heterocycles. The Morgan fingerprint density at radius 3 is 2.61 bits per heavy atom. The lowest BCUT2D eigenvalue weighted by Crippen LogP contribution is -2.42. The van der Waals surface area contributed by atoms with Gasteiger partial charge in [-0.05, 0) is 30.1 Å². The van der Waals surface area contributed by atoms with E-state index >= 15 is 0 Å². The zero-order valence-corrected chi connectivity index (χ0v) is 16.0. The van der Waals surface area contributed by atoms with Crippen molar-refractivity contribution in [3.8, 4) is 0 Å². The molecule has 0 saturated carbocycles. The van der Waals surface area contributed by atoms with Crippen LogP contribution in [-0.4, -0.2) is 40.6 Å². The van der Waals surface area contributed by atoms with Crippen LogP contribution < -0.4 is 0 Å².